The number of nitrogen functional groups attached to an aromatic ring is 1. The summed E-state index contributed by atoms with van der Waals surface area (Å²) in [5.41, 5.74) is 6.59. The maximum atomic E-state index is 12.1. The number of carbonyl (C=O) groups excluding carboxylic acids is 1. The molecular weight excluding hydrogens is 248 g/mol. The fourth-order valence-electron chi connectivity index (χ4n) is 1.56. The predicted octanol–water partition coefficient (Wildman–Crippen LogP) is 1.04. The van der Waals surface area contributed by atoms with Crippen LogP contribution < -0.4 is 11.1 Å². The second-order valence-corrected chi connectivity index (χ2v) is 6.33. The highest BCUT2D eigenvalue weighted by molar-refractivity contribution is 7.84. The number of carbonyl (C=O) groups is 1. The quantitative estimate of drug-likeness (QED) is 0.784. The Labute approximate surface area is 110 Å². The normalized spacial score (nSPS) is 13.1. The molecule has 0 radical (unpaired) electrons. The zero-order chi connectivity index (χ0) is 13.8. The molecule has 1 aromatic rings. The van der Waals surface area contributed by atoms with E-state index in [4.69, 9.17) is 5.73 Å². The van der Waals surface area contributed by atoms with Crippen molar-refractivity contribution in [2.45, 2.75) is 19.3 Å². The molecular formula is C13H20N2O2S. The van der Waals surface area contributed by atoms with Crippen molar-refractivity contribution in [2.75, 3.05) is 24.3 Å². The van der Waals surface area contributed by atoms with Gasteiger partial charge in [-0.15, -0.1) is 0 Å². The van der Waals surface area contributed by atoms with E-state index in [1.807, 2.05) is 26.0 Å². The minimum Gasteiger partial charge on any atom is -0.399 e. The van der Waals surface area contributed by atoms with Gasteiger partial charge in [0.15, 0.2) is 0 Å². The Hall–Kier alpha value is -1.36. The van der Waals surface area contributed by atoms with Crippen molar-refractivity contribution in [3.05, 3.63) is 29.8 Å². The van der Waals surface area contributed by atoms with Crippen molar-refractivity contribution in [1.82, 2.24) is 5.32 Å². The summed E-state index contributed by atoms with van der Waals surface area (Å²) in [6, 6.07) is 7.27. The first-order valence-electron chi connectivity index (χ1n) is 5.78. The highest BCUT2D eigenvalue weighted by Gasteiger charge is 2.29. The van der Waals surface area contributed by atoms with Gasteiger partial charge in [0.2, 0.25) is 5.91 Å². The Balaban J connectivity index is 2.70. The van der Waals surface area contributed by atoms with Crippen LogP contribution in [0.5, 0.6) is 0 Å². The Morgan fingerprint density at radius 3 is 2.39 bits per heavy atom. The number of amides is 1. The number of hydrogen-bond donors (Lipinski definition) is 2. The molecule has 0 aliphatic carbocycles. The molecule has 0 aliphatic heterocycles. The minimum atomic E-state index is -0.888. The number of rotatable bonds is 5. The van der Waals surface area contributed by atoms with Crippen LogP contribution in [0.1, 0.15) is 19.4 Å². The minimum absolute atomic E-state index is 0.0716. The van der Waals surface area contributed by atoms with E-state index in [1.54, 1.807) is 18.4 Å². The van der Waals surface area contributed by atoms with Crippen LogP contribution in [0.3, 0.4) is 0 Å². The van der Waals surface area contributed by atoms with Gasteiger partial charge in [0.25, 0.3) is 0 Å². The van der Waals surface area contributed by atoms with Gasteiger partial charge >= 0.3 is 0 Å². The molecule has 0 spiro atoms. The third-order valence-corrected chi connectivity index (χ3v) is 3.65. The average Bonchev–Trinajstić information content (AvgIpc) is 2.28. The molecule has 1 amide bonds. The lowest BCUT2D eigenvalue weighted by Gasteiger charge is -2.24. The molecule has 0 bridgehead atoms. The van der Waals surface area contributed by atoms with E-state index < -0.39 is 16.2 Å². The van der Waals surface area contributed by atoms with Crippen molar-refractivity contribution in [3.63, 3.8) is 0 Å². The van der Waals surface area contributed by atoms with E-state index >= 15 is 0 Å². The van der Waals surface area contributed by atoms with Crippen molar-refractivity contribution in [1.29, 1.82) is 0 Å². The summed E-state index contributed by atoms with van der Waals surface area (Å²) in [6.45, 7) is 4.15. The molecule has 1 aromatic carbocycles. The molecule has 0 fully saturated rings. The summed E-state index contributed by atoms with van der Waals surface area (Å²) in [6.07, 6.45) is 1.62. The molecule has 3 N–H and O–H groups in total. The largest absolute Gasteiger partial charge is 0.399 e. The molecule has 1 atom stereocenters. The molecule has 0 aromatic heterocycles. The zero-order valence-electron chi connectivity index (χ0n) is 11.0. The van der Waals surface area contributed by atoms with Gasteiger partial charge in [-0.05, 0) is 31.5 Å². The van der Waals surface area contributed by atoms with Crippen LogP contribution in [-0.2, 0) is 21.0 Å². The zero-order valence-corrected chi connectivity index (χ0v) is 11.8. The third kappa shape index (κ3) is 3.84. The molecule has 0 saturated heterocycles. The first-order chi connectivity index (χ1) is 8.34. The van der Waals surface area contributed by atoms with Crippen LogP contribution in [0, 0.1) is 0 Å². The standard InChI is InChI=1S/C13H20N2O2S/c1-13(2,10-4-6-11(14)7-5-10)12(16)15-8-9-18(3)17/h4-7H,8-9,14H2,1-3H3,(H,15,16). The van der Waals surface area contributed by atoms with Crippen LogP contribution in [0.15, 0.2) is 24.3 Å². The number of hydrogen-bond acceptors (Lipinski definition) is 3. The fourth-order valence-corrected chi connectivity index (χ4v) is 1.95. The lowest BCUT2D eigenvalue weighted by molar-refractivity contribution is -0.125. The molecule has 5 heteroatoms. The Kier molecular flexibility index (Phi) is 4.90. The van der Waals surface area contributed by atoms with Crippen molar-refractivity contribution in [3.8, 4) is 0 Å². The number of benzene rings is 1. The topological polar surface area (TPSA) is 72.2 Å². The van der Waals surface area contributed by atoms with Gasteiger partial charge in [-0.2, -0.15) is 0 Å². The summed E-state index contributed by atoms with van der Waals surface area (Å²) in [5, 5.41) is 2.80. The third-order valence-electron chi connectivity index (χ3n) is 2.88. The summed E-state index contributed by atoms with van der Waals surface area (Å²) in [7, 11) is -0.888. The SMILES string of the molecule is CS(=O)CCNC(=O)C(C)(C)c1ccc(N)cc1. The van der Waals surface area contributed by atoms with E-state index in [9.17, 15) is 9.00 Å². The van der Waals surface area contributed by atoms with Gasteiger partial charge in [0, 0.05) is 35.0 Å². The lowest BCUT2D eigenvalue weighted by atomic mass is 9.83. The van der Waals surface area contributed by atoms with Crippen LogP contribution in [-0.4, -0.2) is 28.7 Å². The van der Waals surface area contributed by atoms with Crippen LogP contribution in [0.25, 0.3) is 0 Å². The number of anilines is 1. The van der Waals surface area contributed by atoms with Crippen LogP contribution in [0.4, 0.5) is 5.69 Å². The van der Waals surface area contributed by atoms with E-state index in [0.717, 1.165) is 5.56 Å². The Morgan fingerprint density at radius 2 is 1.89 bits per heavy atom. The average molecular weight is 268 g/mol. The number of nitrogens with two attached hydrogens (primary N) is 1. The van der Waals surface area contributed by atoms with Gasteiger partial charge in [-0.1, -0.05) is 12.1 Å². The van der Waals surface area contributed by atoms with Gasteiger partial charge in [-0.3, -0.25) is 9.00 Å². The van der Waals surface area contributed by atoms with Crippen LogP contribution >= 0.6 is 0 Å². The molecule has 0 aliphatic rings. The van der Waals surface area contributed by atoms with Gasteiger partial charge in [0.1, 0.15) is 0 Å². The van der Waals surface area contributed by atoms with E-state index in [2.05, 4.69) is 5.32 Å². The van der Waals surface area contributed by atoms with Crippen molar-refractivity contribution < 1.29 is 9.00 Å². The Morgan fingerprint density at radius 1 is 1.33 bits per heavy atom. The van der Waals surface area contributed by atoms with Gasteiger partial charge in [0.05, 0.1) is 5.41 Å². The predicted molar refractivity (Wildman–Crippen MR) is 75.8 cm³/mol. The molecule has 1 rings (SSSR count). The summed E-state index contributed by atoms with van der Waals surface area (Å²) in [5.74, 6) is 0.404. The molecule has 0 heterocycles. The number of nitrogens with one attached hydrogen (secondary N) is 1. The summed E-state index contributed by atoms with van der Waals surface area (Å²) < 4.78 is 10.9. The lowest BCUT2D eigenvalue weighted by Crippen LogP contribution is -2.41. The second kappa shape index (κ2) is 6.00. The highest BCUT2D eigenvalue weighted by Crippen LogP contribution is 2.24. The Bertz CT molecular complexity index is 441. The van der Waals surface area contributed by atoms with E-state index in [1.165, 1.54) is 0 Å². The van der Waals surface area contributed by atoms with E-state index in [-0.39, 0.29) is 5.91 Å². The van der Waals surface area contributed by atoms with Crippen molar-refractivity contribution >= 4 is 22.4 Å². The maximum Gasteiger partial charge on any atom is 0.230 e. The molecule has 4 nitrogen and oxygen atoms in total. The first-order valence-corrected chi connectivity index (χ1v) is 7.51. The van der Waals surface area contributed by atoms with Gasteiger partial charge in [-0.25, -0.2) is 0 Å². The maximum absolute atomic E-state index is 12.1. The highest BCUT2D eigenvalue weighted by atomic mass is 32.2. The first kappa shape index (κ1) is 14.7. The molecule has 0 saturated carbocycles. The second-order valence-electron chi connectivity index (χ2n) is 4.78. The van der Waals surface area contributed by atoms with E-state index in [0.29, 0.717) is 18.0 Å². The molecule has 18 heavy (non-hydrogen) atoms. The summed E-state index contributed by atoms with van der Waals surface area (Å²) >= 11 is 0. The molecule has 1 unspecified atom stereocenters. The fraction of sp³-hybridized carbons (Fsp3) is 0.462. The van der Waals surface area contributed by atoms with Gasteiger partial charge < -0.3 is 11.1 Å². The summed E-state index contributed by atoms with van der Waals surface area (Å²) in [4.78, 5) is 12.1. The monoisotopic (exact) mass is 268 g/mol. The van der Waals surface area contributed by atoms with Crippen molar-refractivity contribution in [2.24, 2.45) is 0 Å². The molecule has 100 valence electrons. The van der Waals surface area contributed by atoms with Crippen LogP contribution in [0.2, 0.25) is 0 Å². The smallest absolute Gasteiger partial charge is 0.230 e.